The van der Waals surface area contributed by atoms with Gasteiger partial charge in [-0.25, -0.2) is 0 Å². The number of fused-ring (bicyclic) bond motifs is 1. The van der Waals surface area contributed by atoms with Gasteiger partial charge in [-0.2, -0.15) is 0 Å². The summed E-state index contributed by atoms with van der Waals surface area (Å²) in [6, 6.07) is 12.5. The zero-order valence-electron chi connectivity index (χ0n) is 10.6. The molecule has 0 radical (unpaired) electrons. The van der Waals surface area contributed by atoms with Gasteiger partial charge < -0.3 is 4.42 Å². The van der Waals surface area contributed by atoms with Crippen LogP contribution in [-0.2, 0) is 0 Å². The second-order valence-corrected chi connectivity index (χ2v) is 5.32. The molecule has 20 heavy (non-hydrogen) atoms. The average molecular weight is 305 g/mol. The van der Waals surface area contributed by atoms with E-state index in [1.165, 1.54) is 0 Å². The monoisotopic (exact) mass is 304 g/mol. The smallest absolute Gasteiger partial charge is 0.229 e. The Morgan fingerprint density at radius 1 is 1.10 bits per heavy atom. The molecule has 0 unspecified atom stereocenters. The minimum Gasteiger partial charge on any atom is -0.452 e. The van der Waals surface area contributed by atoms with Crippen molar-refractivity contribution in [2.75, 3.05) is 0 Å². The maximum absolute atomic E-state index is 12.5. The molecule has 4 heteroatoms. The first-order chi connectivity index (χ1) is 9.58. The molecule has 2 nitrogen and oxygen atoms in total. The molecule has 0 fully saturated rings. The normalized spacial score (nSPS) is 10.9. The minimum atomic E-state index is -0.270. The predicted molar refractivity (Wildman–Crippen MR) is 80.8 cm³/mol. The maximum Gasteiger partial charge on any atom is 0.229 e. The van der Waals surface area contributed by atoms with Gasteiger partial charge in [-0.1, -0.05) is 47.5 Å². The van der Waals surface area contributed by atoms with E-state index < -0.39 is 0 Å². The second-order valence-electron chi connectivity index (χ2n) is 4.53. The predicted octanol–water partition coefficient (Wildman–Crippen LogP) is 5.28. The van der Waals surface area contributed by atoms with Crippen LogP contribution in [0, 0.1) is 6.92 Å². The van der Waals surface area contributed by atoms with Gasteiger partial charge in [0.15, 0.2) is 5.76 Å². The van der Waals surface area contributed by atoms with E-state index in [2.05, 4.69) is 0 Å². The SMILES string of the molecule is Cc1cccc2cc(C(=O)c3cccc(Cl)c3Cl)oc12. The van der Waals surface area contributed by atoms with Crippen molar-refractivity contribution >= 4 is 40.0 Å². The zero-order chi connectivity index (χ0) is 14.3. The van der Waals surface area contributed by atoms with Crippen LogP contribution >= 0.6 is 23.2 Å². The molecule has 1 aromatic heterocycles. The number of furan rings is 1. The van der Waals surface area contributed by atoms with Crippen molar-refractivity contribution in [3.05, 3.63) is 69.4 Å². The Morgan fingerprint density at radius 2 is 1.85 bits per heavy atom. The highest BCUT2D eigenvalue weighted by atomic mass is 35.5. The molecule has 2 aromatic carbocycles. The van der Waals surface area contributed by atoms with Crippen LogP contribution in [0.1, 0.15) is 21.7 Å². The summed E-state index contributed by atoms with van der Waals surface area (Å²) in [5, 5.41) is 1.49. The van der Waals surface area contributed by atoms with Crippen LogP contribution in [0.4, 0.5) is 0 Å². The lowest BCUT2D eigenvalue weighted by molar-refractivity contribution is 0.101. The fourth-order valence-electron chi connectivity index (χ4n) is 2.13. The molecule has 0 spiro atoms. The molecule has 3 aromatic rings. The minimum absolute atomic E-state index is 0.247. The number of benzene rings is 2. The Hall–Kier alpha value is -1.77. The average Bonchev–Trinajstić information content (AvgIpc) is 2.87. The summed E-state index contributed by atoms with van der Waals surface area (Å²) >= 11 is 12.0. The number of aryl methyl sites for hydroxylation is 1. The van der Waals surface area contributed by atoms with E-state index in [9.17, 15) is 4.79 Å². The van der Waals surface area contributed by atoms with Gasteiger partial charge in [-0.15, -0.1) is 0 Å². The van der Waals surface area contributed by atoms with Gasteiger partial charge in [0.2, 0.25) is 5.78 Å². The fraction of sp³-hybridized carbons (Fsp3) is 0.0625. The molecule has 0 saturated heterocycles. The standard InChI is InChI=1S/C16H10Cl2O2/c1-9-4-2-5-10-8-13(20-16(9)10)15(19)11-6-3-7-12(17)14(11)18/h2-8H,1H3. The number of hydrogen-bond donors (Lipinski definition) is 0. The Labute approximate surface area is 125 Å². The second kappa shape index (κ2) is 4.97. The van der Waals surface area contributed by atoms with E-state index in [1.807, 2.05) is 25.1 Å². The summed E-state index contributed by atoms with van der Waals surface area (Å²) in [5.41, 5.74) is 2.05. The van der Waals surface area contributed by atoms with E-state index in [0.29, 0.717) is 16.2 Å². The van der Waals surface area contributed by atoms with E-state index in [-0.39, 0.29) is 16.6 Å². The van der Waals surface area contributed by atoms with Gasteiger partial charge in [0.05, 0.1) is 10.0 Å². The number of carbonyl (C=O) groups is 1. The van der Waals surface area contributed by atoms with Crippen LogP contribution < -0.4 is 0 Å². The highest BCUT2D eigenvalue weighted by Gasteiger charge is 2.19. The summed E-state index contributed by atoms with van der Waals surface area (Å²) in [6.07, 6.45) is 0. The first-order valence-corrected chi connectivity index (χ1v) is 6.81. The van der Waals surface area contributed by atoms with Gasteiger partial charge in [-0.05, 0) is 30.7 Å². The lowest BCUT2D eigenvalue weighted by atomic mass is 10.1. The van der Waals surface area contributed by atoms with Crippen LogP contribution in [-0.4, -0.2) is 5.78 Å². The number of hydrogen-bond acceptors (Lipinski definition) is 2. The highest BCUT2D eigenvalue weighted by Crippen LogP contribution is 2.29. The molecular weight excluding hydrogens is 295 g/mol. The number of rotatable bonds is 2. The maximum atomic E-state index is 12.5. The van der Waals surface area contributed by atoms with Crippen LogP contribution in [0.15, 0.2) is 46.9 Å². The third kappa shape index (κ3) is 2.11. The highest BCUT2D eigenvalue weighted by molar-refractivity contribution is 6.44. The largest absolute Gasteiger partial charge is 0.452 e. The molecule has 0 atom stereocenters. The van der Waals surface area contributed by atoms with Gasteiger partial charge >= 0.3 is 0 Å². The third-order valence-electron chi connectivity index (χ3n) is 3.16. The number of ketones is 1. The molecule has 100 valence electrons. The topological polar surface area (TPSA) is 30.2 Å². The van der Waals surface area contributed by atoms with Crippen LogP contribution in [0.5, 0.6) is 0 Å². The Kier molecular flexibility index (Phi) is 3.28. The number of carbonyl (C=O) groups excluding carboxylic acids is 1. The number of para-hydroxylation sites is 1. The molecule has 0 saturated carbocycles. The van der Waals surface area contributed by atoms with Gasteiger partial charge in [0.1, 0.15) is 5.58 Å². The quantitative estimate of drug-likeness (QED) is 0.603. The molecule has 0 aliphatic heterocycles. The van der Waals surface area contributed by atoms with Crippen molar-refractivity contribution < 1.29 is 9.21 Å². The van der Waals surface area contributed by atoms with Crippen molar-refractivity contribution in [1.29, 1.82) is 0 Å². The van der Waals surface area contributed by atoms with Gasteiger partial charge in [-0.3, -0.25) is 4.79 Å². The summed E-state index contributed by atoms with van der Waals surface area (Å²) in [4.78, 5) is 12.5. The molecule has 0 aliphatic carbocycles. The molecule has 0 N–H and O–H groups in total. The van der Waals surface area contributed by atoms with E-state index in [1.54, 1.807) is 24.3 Å². The summed E-state index contributed by atoms with van der Waals surface area (Å²) in [7, 11) is 0. The lowest BCUT2D eigenvalue weighted by Crippen LogP contribution is -2.00. The molecule has 0 aliphatic rings. The molecule has 0 bridgehead atoms. The first kappa shape index (κ1) is 13.2. The summed E-state index contributed by atoms with van der Waals surface area (Å²) < 4.78 is 5.66. The summed E-state index contributed by atoms with van der Waals surface area (Å²) in [5.74, 6) is -0.00781. The van der Waals surface area contributed by atoms with Crippen molar-refractivity contribution in [3.63, 3.8) is 0 Å². The van der Waals surface area contributed by atoms with Crippen molar-refractivity contribution in [2.24, 2.45) is 0 Å². The Bertz CT molecular complexity index is 818. The zero-order valence-corrected chi connectivity index (χ0v) is 12.1. The first-order valence-electron chi connectivity index (χ1n) is 6.06. The van der Waals surface area contributed by atoms with Crippen molar-refractivity contribution in [1.82, 2.24) is 0 Å². The van der Waals surface area contributed by atoms with Crippen molar-refractivity contribution in [3.8, 4) is 0 Å². The van der Waals surface area contributed by atoms with E-state index in [0.717, 1.165) is 10.9 Å². The van der Waals surface area contributed by atoms with Gasteiger partial charge in [0, 0.05) is 10.9 Å². The molecular formula is C16H10Cl2O2. The fourth-order valence-corrected chi connectivity index (χ4v) is 2.52. The van der Waals surface area contributed by atoms with Crippen LogP contribution in [0.2, 0.25) is 10.0 Å². The summed E-state index contributed by atoms with van der Waals surface area (Å²) in [6.45, 7) is 1.94. The molecule has 1 heterocycles. The van der Waals surface area contributed by atoms with Crippen LogP contribution in [0.25, 0.3) is 11.0 Å². The van der Waals surface area contributed by atoms with Crippen molar-refractivity contribution in [2.45, 2.75) is 6.92 Å². The third-order valence-corrected chi connectivity index (χ3v) is 3.98. The lowest BCUT2D eigenvalue weighted by Gasteiger charge is -2.02. The molecule has 3 rings (SSSR count). The van der Waals surface area contributed by atoms with Crippen LogP contribution in [0.3, 0.4) is 0 Å². The Morgan fingerprint density at radius 3 is 2.60 bits per heavy atom. The van der Waals surface area contributed by atoms with E-state index >= 15 is 0 Å². The van der Waals surface area contributed by atoms with Gasteiger partial charge in [0.25, 0.3) is 0 Å². The Balaban J connectivity index is 2.13. The van der Waals surface area contributed by atoms with E-state index in [4.69, 9.17) is 27.6 Å². The number of halogens is 2. The molecule has 0 amide bonds.